The molecular weight excluding hydrogens is 290 g/mol. The van der Waals surface area contributed by atoms with Gasteiger partial charge in [0.15, 0.2) is 5.16 Å². The van der Waals surface area contributed by atoms with Crippen molar-refractivity contribution in [3.05, 3.63) is 46.7 Å². The van der Waals surface area contributed by atoms with Crippen LogP contribution in [0.5, 0.6) is 0 Å². The van der Waals surface area contributed by atoms with E-state index in [2.05, 4.69) is 49.7 Å². The van der Waals surface area contributed by atoms with Gasteiger partial charge in [-0.3, -0.25) is 5.10 Å². The average molecular weight is 303 g/mol. The lowest BCUT2D eigenvalue weighted by Crippen LogP contribution is -1.96. The number of aromatic nitrogens is 4. The third-order valence-electron chi connectivity index (χ3n) is 2.60. The largest absolute Gasteiger partial charge is 0.380 e. The first-order chi connectivity index (χ1) is 9.79. The molecule has 102 valence electrons. The number of hydrogen-bond acceptors (Lipinski definition) is 6. The van der Waals surface area contributed by atoms with Gasteiger partial charge >= 0.3 is 0 Å². The second-order valence-corrected chi connectivity index (χ2v) is 6.50. The highest BCUT2D eigenvalue weighted by Crippen LogP contribution is 2.25. The van der Waals surface area contributed by atoms with E-state index in [1.807, 2.05) is 13.1 Å². The van der Waals surface area contributed by atoms with E-state index in [0.717, 1.165) is 27.3 Å². The molecule has 0 radical (unpaired) electrons. The summed E-state index contributed by atoms with van der Waals surface area (Å²) in [6, 6.07) is 8.25. The summed E-state index contributed by atoms with van der Waals surface area (Å²) in [5, 5.41) is 11.9. The van der Waals surface area contributed by atoms with Gasteiger partial charge in [-0.15, -0.1) is 11.3 Å². The third-order valence-corrected chi connectivity index (χ3v) is 4.41. The third kappa shape index (κ3) is 3.37. The van der Waals surface area contributed by atoms with Crippen LogP contribution in [0.4, 0.5) is 5.69 Å². The molecule has 2 N–H and O–H groups in total. The summed E-state index contributed by atoms with van der Waals surface area (Å²) in [5.41, 5.74) is 1.10. The zero-order valence-corrected chi connectivity index (χ0v) is 12.5. The minimum Gasteiger partial charge on any atom is -0.380 e. The van der Waals surface area contributed by atoms with Crippen LogP contribution >= 0.6 is 23.1 Å². The molecule has 2 aromatic heterocycles. The van der Waals surface area contributed by atoms with Crippen molar-refractivity contribution in [2.75, 3.05) is 5.32 Å². The predicted molar refractivity (Wildman–Crippen MR) is 81.1 cm³/mol. The number of thiazole rings is 1. The lowest BCUT2D eigenvalue weighted by atomic mass is 10.3. The molecule has 0 saturated carbocycles. The van der Waals surface area contributed by atoms with Gasteiger partial charge in [0.2, 0.25) is 0 Å². The van der Waals surface area contributed by atoms with E-state index in [9.17, 15) is 0 Å². The zero-order chi connectivity index (χ0) is 13.8. The Morgan fingerprint density at radius 3 is 2.75 bits per heavy atom. The Kier molecular flexibility index (Phi) is 3.98. The van der Waals surface area contributed by atoms with Crippen LogP contribution in [0.15, 0.2) is 46.8 Å². The maximum Gasteiger partial charge on any atom is 0.188 e. The number of rotatable bonds is 5. The Labute approximate surface area is 124 Å². The van der Waals surface area contributed by atoms with Gasteiger partial charge in [0.1, 0.15) is 6.33 Å². The van der Waals surface area contributed by atoms with E-state index in [0.29, 0.717) is 0 Å². The van der Waals surface area contributed by atoms with E-state index in [1.54, 1.807) is 23.1 Å². The van der Waals surface area contributed by atoms with Gasteiger partial charge in [-0.1, -0.05) is 11.8 Å². The Balaban J connectivity index is 1.58. The van der Waals surface area contributed by atoms with Crippen LogP contribution in [0.2, 0.25) is 0 Å². The van der Waals surface area contributed by atoms with Crippen LogP contribution in [0.3, 0.4) is 0 Å². The van der Waals surface area contributed by atoms with Crippen molar-refractivity contribution in [3.8, 4) is 0 Å². The van der Waals surface area contributed by atoms with Crippen LogP contribution in [-0.4, -0.2) is 20.2 Å². The molecule has 0 fully saturated rings. The second kappa shape index (κ2) is 6.06. The van der Waals surface area contributed by atoms with Gasteiger partial charge in [-0.25, -0.2) is 9.97 Å². The van der Waals surface area contributed by atoms with Crippen LogP contribution in [0.25, 0.3) is 0 Å². The normalized spacial score (nSPS) is 10.7. The molecule has 20 heavy (non-hydrogen) atoms. The van der Waals surface area contributed by atoms with Gasteiger partial charge in [0.05, 0.1) is 11.6 Å². The monoisotopic (exact) mass is 303 g/mol. The summed E-state index contributed by atoms with van der Waals surface area (Å²) in [4.78, 5) is 10.7. The lowest BCUT2D eigenvalue weighted by Gasteiger charge is -2.05. The van der Waals surface area contributed by atoms with Crippen LogP contribution in [-0.2, 0) is 6.54 Å². The fourth-order valence-corrected chi connectivity index (χ4v) is 3.10. The molecule has 5 nitrogen and oxygen atoms in total. The number of benzene rings is 1. The van der Waals surface area contributed by atoms with Crippen molar-refractivity contribution in [1.29, 1.82) is 0 Å². The lowest BCUT2D eigenvalue weighted by molar-refractivity contribution is 0.973. The smallest absolute Gasteiger partial charge is 0.188 e. The Morgan fingerprint density at radius 1 is 1.25 bits per heavy atom. The Bertz CT molecular complexity index is 660. The second-order valence-electron chi connectivity index (χ2n) is 4.12. The van der Waals surface area contributed by atoms with Crippen molar-refractivity contribution in [2.45, 2.75) is 23.5 Å². The Hall–Kier alpha value is -1.86. The molecule has 0 saturated heterocycles. The first kappa shape index (κ1) is 13.1. The number of aromatic amines is 1. The molecule has 2 heterocycles. The summed E-state index contributed by atoms with van der Waals surface area (Å²) < 4.78 is 0. The summed E-state index contributed by atoms with van der Waals surface area (Å²) in [5.74, 6) is 0. The summed E-state index contributed by atoms with van der Waals surface area (Å²) in [7, 11) is 0. The topological polar surface area (TPSA) is 66.5 Å². The molecule has 1 aromatic carbocycles. The van der Waals surface area contributed by atoms with Crippen molar-refractivity contribution in [1.82, 2.24) is 20.2 Å². The van der Waals surface area contributed by atoms with Crippen molar-refractivity contribution in [2.24, 2.45) is 0 Å². The van der Waals surface area contributed by atoms with E-state index in [-0.39, 0.29) is 0 Å². The van der Waals surface area contributed by atoms with Crippen molar-refractivity contribution < 1.29 is 0 Å². The molecule has 0 bridgehead atoms. The van der Waals surface area contributed by atoms with Crippen molar-refractivity contribution >= 4 is 28.8 Å². The fraction of sp³-hybridized carbons (Fsp3) is 0.154. The summed E-state index contributed by atoms with van der Waals surface area (Å²) in [6.45, 7) is 2.82. The number of aryl methyl sites for hydroxylation is 1. The minimum absolute atomic E-state index is 0.797. The molecule has 0 spiro atoms. The first-order valence-electron chi connectivity index (χ1n) is 6.08. The number of nitrogens with one attached hydrogen (secondary N) is 2. The number of anilines is 1. The maximum atomic E-state index is 4.24. The molecule has 7 heteroatoms. The number of hydrogen-bond donors (Lipinski definition) is 2. The highest BCUT2D eigenvalue weighted by molar-refractivity contribution is 7.99. The van der Waals surface area contributed by atoms with Crippen LogP contribution in [0, 0.1) is 6.92 Å². The molecular formula is C13H13N5S2. The molecule has 0 atom stereocenters. The van der Waals surface area contributed by atoms with Gasteiger partial charge in [0, 0.05) is 21.7 Å². The van der Waals surface area contributed by atoms with Gasteiger partial charge < -0.3 is 5.32 Å². The standard InChI is InChI=1S/C13H13N5S2/c1-9-14-6-12(19-9)7-15-10-2-4-11(5-3-10)20-13-16-8-17-18-13/h2-6,8,15H,7H2,1H3,(H,16,17,18). The van der Waals surface area contributed by atoms with E-state index in [1.165, 1.54) is 11.2 Å². The SMILES string of the molecule is Cc1ncc(CNc2ccc(Sc3ncn[nH]3)cc2)s1. The van der Waals surface area contributed by atoms with E-state index < -0.39 is 0 Å². The summed E-state index contributed by atoms with van der Waals surface area (Å²) in [6.07, 6.45) is 3.43. The highest BCUT2D eigenvalue weighted by atomic mass is 32.2. The van der Waals surface area contributed by atoms with E-state index in [4.69, 9.17) is 0 Å². The highest BCUT2D eigenvalue weighted by Gasteiger charge is 2.01. The first-order valence-corrected chi connectivity index (χ1v) is 7.71. The van der Waals surface area contributed by atoms with Crippen LogP contribution in [0.1, 0.15) is 9.88 Å². The average Bonchev–Trinajstić information content (AvgIpc) is 3.10. The van der Waals surface area contributed by atoms with Gasteiger partial charge in [-0.05, 0) is 31.2 Å². The quantitative estimate of drug-likeness (QED) is 0.757. The molecule has 0 unspecified atom stereocenters. The molecule has 3 rings (SSSR count). The number of nitrogens with zero attached hydrogens (tertiary/aromatic N) is 3. The molecule has 3 aromatic rings. The van der Waals surface area contributed by atoms with Crippen molar-refractivity contribution in [3.63, 3.8) is 0 Å². The molecule has 0 aliphatic heterocycles. The molecule has 0 aliphatic carbocycles. The van der Waals surface area contributed by atoms with Crippen LogP contribution < -0.4 is 5.32 Å². The van der Waals surface area contributed by atoms with Gasteiger partial charge in [-0.2, -0.15) is 5.10 Å². The minimum atomic E-state index is 0.797. The summed E-state index contributed by atoms with van der Waals surface area (Å²) >= 11 is 3.27. The predicted octanol–water partition coefficient (Wildman–Crippen LogP) is 3.33. The number of H-pyrrole nitrogens is 1. The van der Waals surface area contributed by atoms with E-state index >= 15 is 0 Å². The fourth-order valence-electron chi connectivity index (χ4n) is 1.67. The molecule has 0 aliphatic rings. The van der Waals surface area contributed by atoms with Gasteiger partial charge in [0.25, 0.3) is 0 Å². The Morgan fingerprint density at radius 2 is 2.10 bits per heavy atom. The zero-order valence-electron chi connectivity index (χ0n) is 10.8. The molecule has 0 amide bonds. The maximum absolute atomic E-state index is 4.24.